The van der Waals surface area contributed by atoms with Crippen molar-refractivity contribution in [3.63, 3.8) is 0 Å². The Morgan fingerprint density at radius 1 is 0.400 bits per heavy atom. The number of benzene rings is 8. The van der Waals surface area contributed by atoms with Crippen molar-refractivity contribution in [3.05, 3.63) is 205 Å². The molecule has 0 saturated carbocycles. The molecule has 0 amide bonds. The van der Waals surface area contributed by atoms with Gasteiger partial charge in [-0.1, -0.05) is 140 Å². The average molecular weight is 765 g/mol. The molecule has 0 fully saturated rings. The predicted molar refractivity (Wildman–Crippen MR) is 242 cm³/mol. The van der Waals surface area contributed by atoms with Crippen LogP contribution in [0.5, 0.6) is 0 Å². The number of para-hydroxylation sites is 3. The van der Waals surface area contributed by atoms with Crippen LogP contribution in [0.2, 0.25) is 0 Å². The molecule has 278 valence electrons. The molecular formula is C54H32N6. The third kappa shape index (κ3) is 5.48. The standard InChI is InChI=1S/C54H32N6/c55-33-39-31-38(52-46(34-56)51(35-15-5-1-6-16-35)57-54(58-52)36-17-7-2-8-18-36)25-27-42(39)37-26-29-48-45(32-37)50-49(59(48)40-19-9-3-10-20-40)30-28-44-43-23-13-14-24-47(43)60(53(44)50)41-21-11-4-12-22-41/h1-32H. The quantitative estimate of drug-likeness (QED) is 0.169. The van der Waals surface area contributed by atoms with E-state index in [1.165, 1.54) is 10.8 Å². The fraction of sp³-hybridized carbons (Fsp3) is 0. The molecule has 0 unspecified atom stereocenters. The summed E-state index contributed by atoms with van der Waals surface area (Å²) in [5, 5.41) is 26.0. The zero-order valence-electron chi connectivity index (χ0n) is 32.2. The molecule has 6 nitrogen and oxygen atoms in total. The van der Waals surface area contributed by atoms with Gasteiger partial charge in [-0.15, -0.1) is 0 Å². The van der Waals surface area contributed by atoms with Crippen molar-refractivity contribution < 1.29 is 0 Å². The number of nitrogens with zero attached hydrogens (tertiary/aromatic N) is 6. The molecule has 0 aliphatic rings. The van der Waals surface area contributed by atoms with Gasteiger partial charge >= 0.3 is 0 Å². The maximum absolute atomic E-state index is 10.8. The van der Waals surface area contributed by atoms with Gasteiger partial charge in [0.1, 0.15) is 11.6 Å². The first kappa shape index (κ1) is 34.7. The highest BCUT2D eigenvalue weighted by Crippen LogP contribution is 2.43. The Labute approximate surface area is 345 Å². The second-order valence-corrected chi connectivity index (χ2v) is 14.8. The minimum absolute atomic E-state index is 0.352. The molecule has 0 N–H and O–H groups in total. The summed E-state index contributed by atoms with van der Waals surface area (Å²) in [6.45, 7) is 0. The fourth-order valence-corrected chi connectivity index (χ4v) is 8.76. The van der Waals surface area contributed by atoms with Crippen molar-refractivity contribution in [1.82, 2.24) is 19.1 Å². The Morgan fingerprint density at radius 2 is 0.967 bits per heavy atom. The van der Waals surface area contributed by atoms with Gasteiger partial charge in [-0.05, 0) is 65.7 Å². The predicted octanol–water partition coefficient (Wildman–Crippen LogP) is 13.1. The van der Waals surface area contributed by atoms with E-state index in [9.17, 15) is 10.5 Å². The molecule has 0 bridgehead atoms. The molecular weight excluding hydrogens is 733 g/mol. The highest BCUT2D eigenvalue weighted by molar-refractivity contribution is 6.26. The summed E-state index contributed by atoms with van der Waals surface area (Å²) in [7, 11) is 0. The van der Waals surface area contributed by atoms with Gasteiger partial charge in [0, 0.05) is 49.6 Å². The monoisotopic (exact) mass is 764 g/mol. The lowest BCUT2D eigenvalue weighted by molar-refractivity contribution is 1.17. The lowest BCUT2D eigenvalue weighted by Crippen LogP contribution is -2.01. The summed E-state index contributed by atoms with van der Waals surface area (Å²) >= 11 is 0. The molecule has 0 atom stereocenters. The van der Waals surface area contributed by atoms with Crippen LogP contribution in [0.15, 0.2) is 194 Å². The van der Waals surface area contributed by atoms with Gasteiger partial charge in [-0.2, -0.15) is 10.5 Å². The number of nitriles is 2. The Kier molecular flexibility index (Phi) is 8.15. The maximum atomic E-state index is 10.8. The minimum atomic E-state index is 0.352. The second-order valence-electron chi connectivity index (χ2n) is 14.8. The van der Waals surface area contributed by atoms with E-state index in [1.807, 2.05) is 84.9 Å². The molecule has 6 heteroatoms. The molecule has 0 saturated heterocycles. The Hall–Kier alpha value is -8.58. The van der Waals surface area contributed by atoms with Crippen molar-refractivity contribution in [1.29, 1.82) is 10.5 Å². The van der Waals surface area contributed by atoms with Crippen molar-refractivity contribution in [2.75, 3.05) is 0 Å². The number of aromatic nitrogens is 4. The molecule has 60 heavy (non-hydrogen) atoms. The normalized spacial score (nSPS) is 11.3. The van der Waals surface area contributed by atoms with Crippen LogP contribution < -0.4 is 0 Å². The van der Waals surface area contributed by atoms with Gasteiger partial charge < -0.3 is 9.13 Å². The van der Waals surface area contributed by atoms with E-state index in [-0.39, 0.29) is 0 Å². The van der Waals surface area contributed by atoms with Gasteiger partial charge in [-0.3, -0.25) is 0 Å². The van der Waals surface area contributed by atoms with Crippen LogP contribution in [0, 0.1) is 22.7 Å². The molecule has 8 aromatic carbocycles. The molecule has 3 aromatic heterocycles. The molecule has 11 aromatic rings. The Morgan fingerprint density at radius 3 is 1.65 bits per heavy atom. The number of hydrogen-bond donors (Lipinski definition) is 0. The largest absolute Gasteiger partial charge is 0.309 e. The van der Waals surface area contributed by atoms with Gasteiger partial charge in [0.25, 0.3) is 0 Å². The van der Waals surface area contributed by atoms with Crippen LogP contribution in [-0.4, -0.2) is 19.1 Å². The number of fused-ring (bicyclic) bond motifs is 7. The lowest BCUT2D eigenvalue weighted by Gasteiger charge is -2.13. The summed E-state index contributed by atoms with van der Waals surface area (Å²) in [5.41, 5.74) is 12.4. The Balaban J connectivity index is 1.16. The molecule has 0 radical (unpaired) electrons. The Bertz CT molecular complexity index is 3540. The van der Waals surface area contributed by atoms with Gasteiger partial charge in [0.2, 0.25) is 0 Å². The summed E-state index contributed by atoms with van der Waals surface area (Å²) in [4.78, 5) is 9.90. The second kappa shape index (κ2) is 14.1. The summed E-state index contributed by atoms with van der Waals surface area (Å²) in [6.07, 6.45) is 0. The highest BCUT2D eigenvalue weighted by Gasteiger charge is 2.23. The summed E-state index contributed by atoms with van der Waals surface area (Å²) < 4.78 is 4.72. The van der Waals surface area contributed by atoms with Crippen molar-refractivity contribution >= 4 is 43.6 Å². The van der Waals surface area contributed by atoms with E-state index in [1.54, 1.807) is 0 Å². The summed E-state index contributed by atoms with van der Waals surface area (Å²) in [6, 6.07) is 70.8. The first-order valence-corrected chi connectivity index (χ1v) is 19.8. The number of rotatable bonds is 6. The SMILES string of the molecule is N#Cc1cc(-c2nc(-c3ccccc3)nc(-c3ccccc3)c2C#N)ccc1-c1ccc2c(c1)c1c(ccc3c4ccccc4n(-c4ccccc4)c31)n2-c1ccccc1. The molecule has 0 aliphatic heterocycles. The van der Waals surface area contributed by atoms with Crippen LogP contribution in [0.25, 0.3) is 100 Å². The molecule has 3 heterocycles. The summed E-state index contributed by atoms with van der Waals surface area (Å²) in [5.74, 6) is 0.505. The van der Waals surface area contributed by atoms with Crippen molar-refractivity contribution in [3.8, 4) is 68.5 Å². The topological polar surface area (TPSA) is 83.2 Å². The van der Waals surface area contributed by atoms with Crippen LogP contribution in [0.4, 0.5) is 0 Å². The smallest absolute Gasteiger partial charge is 0.160 e. The van der Waals surface area contributed by atoms with E-state index in [2.05, 4.69) is 130 Å². The third-order valence-electron chi connectivity index (χ3n) is 11.4. The van der Waals surface area contributed by atoms with Crippen LogP contribution >= 0.6 is 0 Å². The van der Waals surface area contributed by atoms with E-state index < -0.39 is 0 Å². The van der Waals surface area contributed by atoms with E-state index in [0.717, 1.165) is 66.5 Å². The molecule has 0 aliphatic carbocycles. The van der Waals surface area contributed by atoms with E-state index >= 15 is 0 Å². The average Bonchev–Trinajstić information content (AvgIpc) is 3.84. The third-order valence-corrected chi connectivity index (χ3v) is 11.4. The molecule has 11 rings (SSSR count). The van der Waals surface area contributed by atoms with E-state index in [4.69, 9.17) is 9.97 Å². The van der Waals surface area contributed by atoms with Crippen LogP contribution in [0.3, 0.4) is 0 Å². The number of hydrogen-bond acceptors (Lipinski definition) is 4. The van der Waals surface area contributed by atoms with Gasteiger partial charge in [0.05, 0.1) is 45.1 Å². The molecule has 0 spiro atoms. The maximum Gasteiger partial charge on any atom is 0.160 e. The van der Waals surface area contributed by atoms with Gasteiger partial charge in [0.15, 0.2) is 5.82 Å². The van der Waals surface area contributed by atoms with Crippen LogP contribution in [0.1, 0.15) is 11.1 Å². The fourth-order valence-electron chi connectivity index (χ4n) is 8.76. The van der Waals surface area contributed by atoms with Crippen molar-refractivity contribution in [2.45, 2.75) is 0 Å². The lowest BCUT2D eigenvalue weighted by atomic mass is 9.94. The van der Waals surface area contributed by atoms with Gasteiger partial charge in [-0.25, -0.2) is 9.97 Å². The first-order chi connectivity index (χ1) is 29.7. The van der Waals surface area contributed by atoms with E-state index in [0.29, 0.717) is 33.9 Å². The zero-order valence-corrected chi connectivity index (χ0v) is 32.2. The van der Waals surface area contributed by atoms with Crippen molar-refractivity contribution in [2.24, 2.45) is 0 Å². The zero-order chi connectivity index (χ0) is 40.2. The highest BCUT2D eigenvalue weighted by atomic mass is 15.0. The first-order valence-electron chi connectivity index (χ1n) is 19.8. The minimum Gasteiger partial charge on any atom is -0.309 e. The van der Waals surface area contributed by atoms with Crippen LogP contribution in [-0.2, 0) is 0 Å².